The highest BCUT2D eigenvalue weighted by molar-refractivity contribution is 7.80. The molecule has 2 N–H and O–H groups in total. The monoisotopic (exact) mass is 208 g/mol. The Bertz CT molecular complexity index is 334. The van der Waals surface area contributed by atoms with E-state index in [1.54, 1.807) is 0 Å². The van der Waals surface area contributed by atoms with Crippen molar-refractivity contribution in [3.8, 4) is 0 Å². The molecule has 0 amide bonds. The average Bonchev–Trinajstić information content (AvgIpc) is 2.12. The number of thiocarbonyl (C=S) groups is 1. The highest BCUT2D eigenvalue weighted by Crippen LogP contribution is 2.13. The van der Waals surface area contributed by atoms with Gasteiger partial charge in [0.25, 0.3) is 0 Å². The van der Waals surface area contributed by atoms with Crippen LogP contribution in [0.25, 0.3) is 0 Å². The highest BCUT2D eigenvalue weighted by atomic mass is 32.1. The van der Waals surface area contributed by atoms with Crippen LogP contribution in [0.15, 0.2) is 18.2 Å². The minimum absolute atomic E-state index is 0.677. The third kappa shape index (κ3) is 3.00. The number of hydrogen-bond acceptors (Lipinski definition) is 1. The van der Waals surface area contributed by atoms with E-state index in [4.69, 9.17) is 12.2 Å². The summed E-state index contributed by atoms with van der Waals surface area (Å²) in [7, 11) is 0. The van der Waals surface area contributed by atoms with E-state index in [1.807, 2.05) is 13.0 Å². The molecule has 0 fully saturated rings. The van der Waals surface area contributed by atoms with Crippen LogP contribution in [0.1, 0.15) is 18.1 Å². The molecule has 1 rings (SSSR count). The summed E-state index contributed by atoms with van der Waals surface area (Å²) in [6.45, 7) is 7.06. The van der Waals surface area contributed by atoms with Gasteiger partial charge in [-0.15, -0.1) is 0 Å². The Hall–Kier alpha value is -1.09. The third-order valence-corrected chi connectivity index (χ3v) is 2.35. The van der Waals surface area contributed by atoms with E-state index < -0.39 is 0 Å². The van der Waals surface area contributed by atoms with Crippen LogP contribution < -0.4 is 10.6 Å². The van der Waals surface area contributed by atoms with Crippen LogP contribution in [0.2, 0.25) is 0 Å². The minimum Gasteiger partial charge on any atom is -0.363 e. The summed E-state index contributed by atoms with van der Waals surface area (Å²) in [4.78, 5) is 0. The summed E-state index contributed by atoms with van der Waals surface area (Å²) in [6, 6.07) is 6.22. The molecule has 0 heterocycles. The van der Waals surface area contributed by atoms with Crippen LogP contribution in [-0.2, 0) is 0 Å². The zero-order valence-corrected chi connectivity index (χ0v) is 9.66. The van der Waals surface area contributed by atoms with E-state index in [1.165, 1.54) is 11.1 Å². The fraction of sp³-hybridized carbons (Fsp3) is 0.364. The standard InChI is InChI=1S/C11H16N2S/c1-4-12-11(14)13-10-6-5-8(2)9(3)7-10/h5-7H,4H2,1-3H3,(H2,12,13,14). The van der Waals surface area contributed by atoms with Gasteiger partial charge in [0, 0.05) is 12.2 Å². The molecule has 0 aliphatic carbocycles. The highest BCUT2D eigenvalue weighted by Gasteiger charge is 1.97. The molecular formula is C11H16N2S. The van der Waals surface area contributed by atoms with E-state index in [9.17, 15) is 0 Å². The Morgan fingerprint density at radius 1 is 1.29 bits per heavy atom. The molecule has 0 atom stereocenters. The first-order chi connectivity index (χ1) is 6.63. The van der Waals surface area contributed by atoms with Crippen molar-refractivity contribution >= 4 is 23.0 Å². The number of hydrogen-bond donors (Lipinski definition) is 2. The van der Waals surface area contributed by atoms with Gasteiger partial charge in [-0.1, -0.05) is 6.07 Å². The number of nitrogens with one attached hydrogen (secondary N) is 2. The molecule has 1 aromatic carbocycles. The van der Waals surface area contributed by atoms with Gasteiger partial charge < -0.3 is 10.6 Å². The van der Waals surface area contributed by atoms with Crippen LogP contribution in [0.3, 0.4) is 0 Å². The van der Waals surface area contributed by atoms with Gasteiger partial charge in [0.1, 0.15) is 0 Å². The third-order valence-electron chi connectivity index (χ3n) is 2.10. The first-order valence-electron chi connectivity index (χ1n) is 4.75. The molecule has 0 radical (unpaired) electrons. The summed E-state index contributed by atoms with van der Waals surface area (Å²) in [6.07, 6.45) is 0. The van der Waals surface area contributed by atoms with Gasteiger partial charge in [-0.05, 0) is 56.2 Å². The first-order valence-corrected chi connectivity index (χ1v) is 5.16. The molecule has 0 aliphatic rings. The Morgan fingerprint density at radius 2 is 2.00 bits per heavy atom. The second-order valence-corrected chi connectivity index (χ2v) is 3.69. The molecule has 0 unspecified atom stereocenters. The van der Waals surface area contributed by atoms with Gasteiger partial charge in [-0.25, -0.2) is 0 Å². The SMILES string of the molecule is CCNC(=S)Nc1ccc(C)c(C)c1. The van der Waals surface area contributed by atoms with Crippen LogP contribution in [0.5, 0.6) is 0 Å². The maximum absolute atomic E-state index is 5.09. The zero-order valence-electron chi connectivity index (χ0n) is 8.85. The molecule has 14 heavy (non-hydrogen) atoms. The lowest BCUT2D eigenvalue weighted by Gasteiger charge is -2.10. The van der Waals surface area contributed by atoms with Crippen molar-refractivity contribution in [3.63, 3.8) is 0 Å². The van der Waals surface area contributed by atoms with Gasteiger partial charge in [-0.2, -0.15) is 0 Å². The van der Waals surface area contributed by atoms with Gasteiger partial charge in [0.2, 0.25) is 0 Å². The Labute approximate surface area is 90.7 Å². The van der Waals surface area contributed by atoms with Gasteiger partial charge in [0.05, 0.1) is 0 Å². The molecule has 0 aromatic heterocycles. The molecule has 2 nitrogen and oxygen atoms in total. The number of rotatable bonds is 2. The molecule has 76 valence electrons. The van der Waals surface area contributed by atoms with E-state index in [-0.39, 0.29) is 0 Å². The van der Waals surface area contributed by atoms with Crippen molar-refractivity contribution in [1.82, 2.24) is 5.32 Å². The van der Waals surface area contributed by atoms with E-state index in [0.717, 1.165) is 12.2 Å². The maximum atomic E-state index is 5.09. The Balaban J connectivity index is 2.68. The number of anilines is 1. The second-order valence-electron chi connectivity index (χ2n) is 3.28. The summed E-state index contributed by atoms with van der Waals surface area (Å²) in [5.41, 5.74) is 3.61. The molecule has 0 saturated carbocycles. The lowest BCUT2D eigenvalue weighted by molar-refractivity contribution is 0.979. The van der Waals surface area contributed by atoms with Crippen molar-refractivity contribution in [3.05, 3.63) is 29.3 Å². The molecule has 0 aliphatic heterocycles. The molecule has 0 bridgehead atoms. The zero-order chi connectivity index (χ0) is 10.6. The molecule has 3 heteroatoms. The van der Waals surface area contributed by atoms with Crippen molar-refractivity contribution < 1.29 is 0 Å². The molecule has 1 aromatic rings. The summed E-state index contributed by atoms with van der Waals surface area (Å²) >= 11 is 5.09. The fourth-order valence-corrected chi connectivity index (χ4v) is 1.42. The van der Waals surface area contributed by atoms with Crippen LogP contribution >= 0.6 is 12.2 Å². The lowest BCUT2D eigenvalue weighted by atomic mass is 10.1. The van der Waals surface area contributed by atoms with Crippen LogP contribution in [0.4, 0.5) is 5.69 Å². The van der Waals surface area contributed by atoms with Crippen molar-refractivity contribution in [2.24, 2.45) is 0 Å². The Morgan fingerprint density at radius 3 is 2.57 bits per heavy atom. The fourth-order valence-electron chi connectivity index (χ4n) is 1.16. The summed E-state index contributed by atoms with van der Waals surface area (Å²) in [5, 5.41) is 6.86. The quantitative estimate of drug-likeness (QED) is 0.731. The summed E-state index contributed by atoms with van der Waals surface area (Å²) < 4.78 is 0. The number of benzene rings is 1. The van der Waals surface area contributed by atoms with Crippen LogP contribution in [-0.4, -0.2) is 11.7 Å². The van der Waals surface area contributed by atoms with Gasteiger partial charge in [-0.3, -0.25) is 0 Å². The smallest absolute Gasteiger partial charge is 0.170 e. The number of aryl methyl sites for hydroxylation is 2. The average molecular weight is 208 g/mol. The van der Waals surface area contributed by atoms with Gasteiger partial charge in [0.15, 0.2) is 5.11 Å². The van der Waals surface area contributed by atoms with Crippen molar-refractivity contribution in [2.75, 3.05) is 11.9 Å². The topological polar surface area (TPSA) is 24.1 Å². The minimum atomic E-state index is 0.677. The normalized spacial score (nSPS) is 9.64. The second kappa shape index (κ2) is 4.96. The molecule has 0 saturated heterocycles. The predicted octanol–water partition coefficient (Wildman–Crippen LogP) is 2.61. The first kappa shape index (κ1) is 11.0. The van der Waals surface area contributed by atoms with Gasteiger partial charge >= 0.3 is 0 Å². The van der Waals surface area contributed by atoms with E-state index >= 15 is 0 Å². The molecular weight excluding hydrogens is 192 g/mol. The van der Waals surface area contributed by atoms with E-state index in [2.05, 4.69) is 36.6 Å². The summed E-state index contributed by atoms with van der Waals surface area (Å²) in [5.74, 6) is 0. The predicted molar refractivity (Wildman–Crippen MR) is 65.8 cm³/mol. The lowest BCUT2D eigenvalue weighted by Crippen LogP contribution is -2.27. The van der Waals surface area contributed by atoms with E-state index in [0.29, 0.717) is 5.11 Å². The Kier molecular flexibility index (Phi) is 3.89. The maximum Gasteiger partial charge on any atom is 0.170 e. The van der Waals surface area contributed by atoms with Crippen molar-refractivity contribution in [2.45, 2.75) is 20.8 Å². The van der Waals surface area contributed by atoms with Crippen molar-refractivity contribution in [1.29, 1.82) is 0 Å². The molecule has 0 spiro atoms. The van der Waals surface area contributed by atoms with Crippen LogP contribution in [0, 0.1) is 13.8 Å². The largest absolute Gasteiger partial charge is 0.363 e.